The molecule has 5 rings (SSSR count). The first kappa shape index (κ1) is 22.5. The van der Waals surface area contributed by atoms with Crippen molar-refractivity contribution in [3.05, 3.63) is 45.8 Å². The number of aromatic nitrogens is 4. The molecule has 1 saturated heterocycles. The van der Waals surface area contributed by atoms with Gasteiger partial charge in [-0.1, -0.05) is 0 Å². The highest BCUT2D eigenvalue weighted by Gasteiger charge is 2.32. The summed E-state index contributed by atoms with van der Waals surface area (Å²) in [5.41, 5.74) is 1.71. The number of carbonyl (C=O) groups excluding carboxylic acids is 1. The molecule has 0 bridgehead atoms. The van der Waals surface area contributed by atoms with Crippen molar-refractivity contribution in [1.29, 1.82) is 0 Å². The summed E-state index contributed by atoms with van der Waals surface area (Å²) in [5, 5.41) is 9.56. The lowest BCUT2D eigenvalue weighted by Crippen LogP contribution is -2.38. The van der Waals surface area contributed by atoms with Gasteiger partial charge in [0.25, 0.3) is 5.56 Å². The number of hydrogen-bond donors (Lipinski definition) is 2. The summed E-state index contributed by atoms with van der Waals surface area (Å²) in [6, 6.07) is 7.63. The fourth-order valence-electron chi connectivity index (χ4n) is 4.20. The van der Waals surface area contributed by atoms with Crippen LogP contribution in [-0.2, 0) is 14.3 Å². The van der Waals surface area contributed by atoms with Gasteiger partial charge in [0.1, 0.15) is 11.0 Å². The molecular weight excluding hydrogens is 454 g/mol. The molecule has 10 heteroatoms. The molecule has 4 heterocycles. The molecule has 2 atom stereocenters. The summed E-state index contributed by atoms with van der Waals surface area (Å²) in [4.78, 5) is 32.4. The minimum Gasteiger partial charge on any atom is -0.458 e. The first-order valence-electron chi connectivity index (χ1n) is 11.3. The van der Waals surface area contributed by atoms with Crippen molar-refractivity contribution >= 4 is 49.9 Å². The Hall–Kier alpha value is -3.24. The van der Waals surface area contributed by atoms with Crippen molar-refractivity contribution in [1.82, 2.24) is 19.7 Å². The molecule has 1 fully saturated rings. The summed E-state index contributed by atoms with van der Waals surface area (Å²) in [6.07, 6.45) is 2.23. The SMILES string of the molecule is Cc1nc2ccc(Nc3nn(C4CCC(C(=O)OC(C)(C)C)OC4)c4cc[nH]c(=O)c34)cc2s1. The predicted molar refractivity (Wildman–Crippen MR) is 132 cm³/mol. The lowest BCUT2D eigenvalue weighted by Gasteiger charge is -2.30. The van der Waals surface area contributed by atoms with Gasteiger partial charge >= 0.3 is 5.97 Å². The third kappa shape index (κ3) is 4.43. The zero-order valence-corrected chi connectivity index (χ0v) is 20.4. The number of pyridine rings is 1. The number of esters is 1. The number of benzene rings is 1. The van der Waals surface area contributed by atoms with E-state index in [2.05, 4.69) is 15.3 Å². The molecule has 4 aromatic rings. The van der Waals surface area contributed by atoms with Gasteiger partial charge in [-0.2, -0.15) is 5.10 Å². The van der Waals surface area contributed by atoms with Crippen LogP contribution in [0.5, 0.6) is 0 Å². The highest BCUT2D eigenvalue weighted by atomic mass is 32.1. The van der Waals surface area contributed by atoms with E-state index in [1.54, 1.807) is 17.5 Å². The lowest BCUT2D eigenvalue weighted by molar-refractivity contribution is -0.172. The molecular formula is C24H27N5O4S. The number of ether oxygens (including phenoxy) is 2. The zero-order chi connectivity index (χ0) is 24.0. The number of rotatable bonds is 4. The fourth-order valence-corrected chi connectivity index (χ4v) is 5.07. The van der Waals surface area contributed by atoms with Gasteiger partial charge < -0.3 is 19.8 Å². The van der Waals surface area contributed by atoms with E-state index in [1.807, 2.05) is 56.6 Å². The maximum absolute atomic E-state index is 12.7. The van der Waals surface area contributed by atoms with E-state index in [0.29, 0.717) is 36.2 Å². The third-order valence-corrected chi connectivity index (χ3v) is 6.59. The molecule has 34 heavy (non-hydrogen) atoms. The molecule has 2 N–H and O–H groups in total. The van der Waals surface area contributed by atoms with Gasteiger partial charge in [0, 0.05) is 11.9 Å². The van der Waals surface area contributed by atoms with Crippen LogP contribution >= 0.6 is 11.3 Å². The summed E-state index contributed by atoms with van der Waals surface area (Å²) in [7, 11) is 0. The number of hydrogen-bond acceptors (Lipinski definition) is 8. The van der Waals surface area contributed by atoms with Crippen molar-refractivity contribution < 1.29 is 14.3 Å². The van der Waals surface area contributed by atoms with Crippen LogP contribution < -0.4 is 10.9 Å². The first-order valence-corrected chi connectivity index (χ1v) is 12.1. The van der Waals surface area contributed by atoms with Gasteiger partial charge in [0.05, 0.1) is 33.4 Å². The standard InChI is InChI=1S/C24H27N5O4S/c1-13-26-16-7-5-14(11-19(16)34-13)27-21-20-17(9-10-25-22(20)30)29(28-21)15-6-8-18(32-12-15)23(31)33-24(2,3)4/h5,7,9-11,15,18H,6,8,12H2,1-4H3,(H,25,30)(H,27,28). The van der Waals surface area contributed by atoms with Crippen molar-refractivity contribution in [3.8, 4) is 0 Å². The minimum atomic E-state index is -0.590. The monoisotopic (exact) mass is 481 g/mol. The molecule has 1 aromatic carbocycles. The molecule has 9 nitrogen and oxygen atoms in total. The largest absolute Gasteiger partial charge is 0.458 e. The Labute approximate surface area is 200 Å². The van der Waals surface area contributed by atoms with Gasteiger partial charge in [0.2, 0.25) is 0 Å². The van der Waals surface area contributed by atoms with E-state index >= 15 is 0 Å². The zero-order valence-electron chi connectivity index (χ0n) is 19.5. The molecule has 0 saturated carbocycles. The van der Waals surface area contributed by atoms with Crippen LogP contribution in [0.3, 0.4) is 0 Å². The van der Waals surface area contributed by atoms with E-state index in [4.69, 9.17) is 14.6 Å². The molecule has 1 aliphatic heterocycles. The summed E-state index contributed by atoms with van der Waals surface area (Å²) >= 11 is 1.62. The minimum absolute atomic E-state index is 0.106. The maximum Gasteiger partial charge on any atom is 0.335 e. The maximum atomic E-state index is 12.7. The van der Waals surface area contributed by atoms with Crippen LogP contribution in [0, 0.1) is 6.92 Å². The van der Waals surface area contributed by atoms with E-state index < -0.39 is 11.7 Å². The Balaban J connectivity index is 1.41. The number of fused-ring (bicyclic) bond motifs is 2. The summed E-state index contributed by atoms with van der Waals surface area (Å²) < 4.78 is 14.2. The number of carbonyl (C=O) groups is 1. The predicted octanol–water partition coefficient (Wildman–Crippen LogP) is 4.45. The quantitative estimate of drug-likeness (QED) is 0.414. The van der Waals surface area contributed by atoms with Crippen LogP contribution in [0.2, 0.25) is 0 Å². The molecule has 0 amide bonds. The Morgan fingerprint density at radius 1 is 1.29 bits per heavy atom. The van der Waals surface area contributed by atoms with Crippen molar-refractivity contribution in [2.75, 3.05) is 11.9 Å². The number of aromatic amines is 1. The molecule has 0 spiro atoms. The van der Waals surface area contributed by atoms with Crippen LogP contribution in [0.25, 0.3) is 21.1 Å². The van der Waals surface area contributed by atoms with Gasteiger partial charge in [-0.15, -0.1) is 11.3 Å². The van der Waals surface area contributed by atoms with Gasteiger partial charge in [-0.05, 0) is 64.8 Å². The number of thiazole rings is 1. The molecule has 1 aliphatic rings. The van der Waals surface area contributed by atoms with Gasteiger partial charge in [-0.3, -0.25) is 9.48 Å². The van der Waals surface area contributed by atoms with Gasteiger partial charge in [-0.25, -0.2) is 9.78 Å². The molecule has 0 aliphatic carbocycles. The number of H-pyrrole nitrogens is 1. The van der Waals surface area contributed by atoms with Crippen LogP contribution in [-0.4, -0.2) is 44.0 Å². The smallest absolute Gasteiger partial charge is 0.335 e. The first-order chi connectivity index (χ1) is 16.2. The number of nitrogens with zero attached hydrogens (tertiary/aromatic N) is 3. The molecule has 2 unspecified atom stereocenters. The molecule has 0 radical (unpaired) electrons. The molecule has 178 valence electrons. The second-order valence-electron chi connectivity index (χ2n) is 9.49. The highest BCUT2D eigenvalue weighted by Crippen LogP contribution is 2.32. The van der Waals surface area contributed by atoms with Crippen LogP contribution in [0.15, 0.2) is 35.3 Å². The third-order valence-electron chi connectivity index (χ3n) is 5.66. The second-order valence-corrected chi connectivity index (χ2v) is 10.7. The Bertz CT molecular complexity index is 1420. The Morgan fingerprint density at radius 3 is 2.85 bits per heavy atom. The topological polar surface area (TPSA) is 111 Å². The normalized spacial score (nSPS) is 18.9. The summed E-state index contributed by atoms with van der Waals surface area (Å²) in [5.74, 6) is 0.135. The second kappa shape index (κ2) is 8.52. The fraction of sp³-hybridized carbons (Fsp3) is 0.417. The van der Waals surface area contributed by atoms with E-state index in [1.165, 1.54) is 0 Å². The number of nitrogens with one attached hydrogen (secondary N) is 2. The Morgan fingerprint density at radius 2 is 2.12 bits per heavy atom. The van der Waals surface area contributed by atoms with E-state index in [9.17, 15) is 9.59 Å². The Kier molecular flexibility index (Phi) is 5.65. The van der Waals surface area contributed by atoms with Gasteiger partial charge in [0.15, 0.2) is 11.9 Å². The average molecular weight is 482 g/mol. The van der Waals surface area contributed by atoms with Crippen molar-refractivity contribution in [3.63, 3.8) is 0 Å². The number of aryl methyl sites for hydroxylation is 1. The average Bonchev–Trinajstić information content (AvgIpc) is 3.33. The van der Waals surface area contributed by atoms with Crippen molar-refractivity contribution in [2.24, 2.45) is 0 Å². The van der Waals surface area contributed by atoms with Crippen LogP contribution in [0.1, 0.15) is 44.7 Å². The lowest BCUT2D eigenvalue weighted by atomic mass is 10.0. The van der Waals surface area contributed by atoms with E-state index in [0.717, 1.165) is 20.9 Å². The highest BCUT2D eigenvalue weighted by molar-refractivity contribution is 7.18. The van der Waals surface area contributed by atoms with Crippen LogP contribution in [0.4, 0.5) is 11.5 Å². The van der Waals surface area contributed by atoms with E-state index in [-0.39, 0.29) is 17.6 Å². The molecule has 3 aromatic heterocycles. The number of anilines is 2. The van der Waals surface area contributed by atoms with Crippen molar-refractivity contribution in [2.45, 2.75) is 58.3 Å². The summed E-state index contributed by atoms with van der Waals surface area (Å²) in [6.45, 7) is 7.80.